The van der Waals surface area contributed by atoms with E-state index in [1.807, 2.05) is 12.2 Å². The first-order valence-electron chi connectivity index (χ1n) is 8.69. The zero-order chi connectivity index (χ0) is 18.2. The van der Waals surface area contributed by atoms with Gasteiger partial charge in [-0.3, -0.25) is 9.59 Å². The number of carbonyl (C=O) groups excluding carboxylic acids is 2. The molecule has 136 valence electrons. The van der Waals surface area contributed by atoms with E-state index in [0.717, 1.165) is 0 Å². The smallest absolute Gasteiger partial charge is 0.303 e. The van der Waals surface area contributed by atoms with Gasteiger partial charge in [-0.1, -0.05) is 56.8 Å². The van der Waals surface area contributed by atoms with Crippen molar-refractivity contribution < 1.29 is 23.8 Å². The largest absolute Gasteiger partial charge is 0.463 e. The SMILES string of the molecule is CC[Si](/C=C/[C@H]1O[C@H](COC(C)=O)C=C[C@H]1OC(C)=O)(CC)CC. The highest BCUT2D eigenvalue weighted by molar-refractivity contribution is 6.84. The second-order valence-corrected chi connectivity index (χ2v) is 11.4. The summed E-state index contributed by atoms with van der Waals surface area (Å²) in [6.45, 7) is 9.63. The first-order chi connectivity index (χ1) is 11.4. The number of esters is 2. The van der Waals surface area contributed by atoms with Crippen LogP contribution < -0.4 is 0 Å². The molecule has 24 heavy (non-hydrogen) atoms. The molecule has 0 fully saturated rings. The Labute approximate surface area is 146 Å². The monoisotopic (exact) mass is 354 g/mol. The minimum Gasteiger partial charge on any atom is -0.463 e. The number of rotatable bonds is 8. The first-order valence-corrected chi connectivity index (χ1v) is 11.4. The van der Waals surface area contributed by atoms with E-state index < -0.39 is 14.2 Å². The van der Waals surface area contributed by atoms with Crippen LogP contribution in [-0.4, -0.2) is 44.9 Å². The summed E-state index contributed by atoms with van der Waals surface area (Å²) in [6.07, 6.45) is 4.53. The molecule has 0 unspecified atom stereocenters. The zero-order valence-electron chi connectivity index (χ0n) is 15.4. The van der Waals surface area contributed by atoms with Crippen LogP contribution in [-0.2, 0) is 23.8 Å². The second kappa shape index (κ2) is 9.79. The van der Waals surface area contributed by atoms with Crippen molar-refractivity contribution in [2.24, 2.45) is 0 Å². The minimum atomic E-state index is -1.44. The third-order valence-electron chi connectivity index (χ3n) is 4.68. The third kappa shape index (κ3) is 6.24. The molecule has 1 aliphatic heterocycles. The fraction of sp³-hybridized carbons (Fsp3) is 0.667. The molecule has 0 saturated heterocycles. The van der Waals surface area contributed by atoms with E-state index in [9.17, 15) is 9.59 Å². The molecule has 0 aliphatic carbocycles. The topological polar surface area (TPSA) is 61.8 Å². The predicted octanol–water partition coefficient (Wildman–Crippen LogP) is 3.41. The van der Waals surface area contributed by atoms with Crippen LogP contribution in [0.3, 0.4) is 0 Å². The van der Waals surface area contributed by atoms with Crippen molar-refractivity contribution >= 4 is 20.0 Å². The Balaban J connectivity index is 2.89. The van der Waals surface area contributed by atoms with Crippen LogP contribution in [0.15, 0.2) is 23.9 Å². The summed E-state index contributed by atoms with van der Waals surface area (Å²) in [5, 5.41) is 0. The average molecular weight is 355 g/mol. The summed E-state index contributed by atoms with van der Waals surface area (Å²) in [4.78, 5) is 22.3. The highest BCUT2D eigenvalue weighted by Gasteiger charge is 2.30. The summed E-state index contributed by atoms with van der Waals surface area (Å²) >= 11 is 0. The Kier molecular flexibility index (Phi) is 8.42. The molecule has 0 N–H and O–H groups in total. The van der Waals surface area contributed by atoms with Crippen LogP contribution in [0.2, 0.25) is 18.1 Å². The summed E-state index contributed by atoms with van der Waals surface area (Å²) in [7, 11) is -1.44. The fourth-order valence-corrected chi connectivity index (χ4v) is 5.62. The lowest BCUT2D eigenvalue weighted by molar-refractivity contribution is -0.154. The summed E-state index contributed by atoms with van der Waals surface area (Å²) in [5.41, 5.74) is 2.32. The Morgan fingerprint density at radius 1 is 1.08 bits per heavy atom. The van der Waals surface area contributed by atoms with Gasteiger partial charge in [-0.15, -0.1) is 0 Å². The highest BCUT2D eigenvalue weighted by Crippen LogP contribution is 2.24. The van der Waals surface area contributed by atoms with E-state index in [-0.39, 0.29) is 30.8 Å². The first kappa shape index (κ1) is 20.6. The quantitative estimate of drug-likeness (QED) is 0.380. The molecular weight excluding hydrogens is 324 g/mol. The Bertz CT molecular complexity index is 474. The van der Waals surface area contributed by atoms with Gasteiger partial charge in [-0.2, -0.15) is 0 Å². The molecule has 1 rings (SSSR count). The number of ether oxygens (including phenoxy) is 3. The van der Waals surface area contributed by atoms with Crippen LogP contribution in [0.1, 0.15) is 34.6 Å². The molecule has 0 aromatic rings. The molecular formula is C18H30O5Si. The van der Waals surface area contributed by atoms with E-state index in [2.05, 4.69) is 26.5 Å². The van der Waals surface area contributed by atoms with Gasteiger partial charge in [0.05, 0.1) is 8.07 Å². The maximum Gasteiger partial charge on any atom is 0.303 e. The molecule has 0 radical (unpaired) electrons. The van der Waals surface area contributed by atoms with Gasteiger partial charge in [0.1, 0.15) is 24.9 Å². The molecule has 5 nitrogen and oxygen atoms in total. The molecule has 6 heteroatoms. The van der Waals surface area contributed by atoms with Crippen LogP contribution in [0.25, 0.3) is 0 Å². The lowest BCUT2D eigenvalue weighted by Crippen LogP contribution is -2.39. The number of hydrogen-bond donors (Lipinski definition) is 0. The van der Waals surface area contributed by atoms with Gasteiger partial charge in [-0.25, -0.2) is 0 Å². The Hall–Kier alpha value is -1.40. The van der Waals surface area contributed by atoms with Crippen molar-refractivity contribution in [1.29, 1.82) is 0 Å². The van der Waals surface area contributed by atoms with Gasteiger partial charge < -0.3 is 14.2 Å². The normalized spacial score (nSPS) is 24.1. The maximum absolute atomic E-state index is 11.3. The molecule has 0 saturated carbocycles. The van der Waals surface area contributed by atoms with Crippen molar-refractivity contribution in [3.8, 4) is 0 Å². The van der Waals surface area contributed by atoms with E-state index in [4.69, 9.17) is 14.2 Å². The molecule has 1 heterocycles. The second-order valence-electron chi connectivity index (χ2n) is 6.18. The van der Waals surface area contributed by atoms with E-state index in [1.54, 1.807) is 6.08 Å². The summed E-state index contributed by atoms with van der Waals surface area (Å²) < 4.78 is 16.3. The van der Waals surface area contributed by atoms with Crippen molar-refractivity contribution in [3.63, 3.8) is 0 Å². The lowest BCUT2D eigenvalue weighted by atomic mass is 10.1. The minimum absolute atomic E-state index is 0.168. The third-order valence-corrected chi connectivity index (χ3v) is 9.80. The summed E-state index contributed by atoms with van der Waals surface area (Å²) in [5.74, 6) is -0.675. The van der Waals surface area contributed by atoms with E-state index in [0.29, 0.717) is 0 Å². The maximum atomic E-state index is 11.3. The molecule has 1 aliphatic rings. The Morgan fingerprint density at radius 2 is 1.71 bits per heavy atom. The highest BCUT2D eigenvalue weighted by atomic mass is 28.3. The van der Waals surface area contributed by atoms with Crippen molar-refractivity contribution in [2.45, 2.75) is 71.1 Å². The van der Waals surface area contributed by atoms with Crippen LogP contribution in [0.4, 0.5) is 0 Å². The zero-order valence-corrected chi connectivity index (χ0v) is 16.4. The molecule has 0 amide bonds. The van der Waals surface area contributed by atoms with Crippen molar-refractivity contribution in [3.05, 3.63) is 23.9 Å². The van der Waals surface area contributed by atoms with Gasteiger partial charge >= 0.3 is 11.9 Å². The fourth-order valence-electron chi connectivity index (χ4n) is 2.82. The molecule has 3 atom stereocenters. The molecule has 0 bridgehead atoms. The van der Waals surface area contributed by atoms with Gasteiger partial charge in [-0.05, 0) is 6.08 Å². The van der Waals surface area contributed by atoms with Gasteiger partial charge in [0.2, 0.25) is 0 Å². The Morgan fingerprint density at radius 3 is 2.21 bits per heavy atom. The molecule has 0 aromatic heterocycles. The van der Waals surface area contributed by atoms with E-state index >= 15 is 0 Å². The molecule has 0 spiro atoms. The van der Waals surface area contributed by atoms with Gasteiger partial charge in [0.25, 0.3) is 0 Å². The number of hydrogen-bond acceptors (Lipinski definition) is 5. The van der Waals surface area contributed by atoms with Crippen LogP contribution in [0.5, 0.6) is 0 Å². The summed E-state index contributed by atoms with van der Waals surface area (Å²) in [6, 6.07) is 3.52. The average Bonchev–Trinajstić information content (AvgIpc) is 2.56. The van der Waals surface area contributed by atoms with Gasteiger partial charge in [0.15, 0.2) is 0 Å². The van der Waals surface area contributed by atoms with Crippen molar-refractivity contribution in [1.82, 2.24) is 0 Å². The lowest BCUT2D eigenvalue weighted by Gasteiger charge is -2.31. The van der Waals surface area contributed by atoms with Crippen LogP contribution >= 0.6 is 0 Å². The van der Waals surface area contributed by atoms with Crippen LogP contribution in [0, 0.1) is 0 Å². The molecule has 0 aromatic carbocycles. The predicted molar refractivity (Wildman–Crippen MR) is 96.3 cm³/mol. The van der Waals surface area contributed by atoms with E-state index in [1.165, 1.54) is 32.0 Å². The van der Waals surface area contributed by atoms with Gasteiger partial charge in [0, 0.05) is 13.8 Å². The van der Waals surface area contributed by atoms with Crippen molar-refractivity contribution in [2.75, 3.05) is 6.61 Å². The number of carbonyl (C=O) groups is 2. The standard InChI is InChI=1S/C18H30O5Si/c1-6-24(7-2,8-3)12-11-18-17(22-15(5)20)10-9-16(23-18)13-21-14(4)19/h9-12,16-18H,6-8,13H2,1-5H3/b12-11+/t16-,17+,18+/m0/s1.